The fourth-order valence-electron chi connectivity index (χ4n) is 5.27. The first-order chi connectivity index (χ1) is 15.1. The van der Waals surface area contributed by atoms with Gasteiger partial charge in [0, 0.05) is 45.1 Å². The van der Waals surface area contributed by atoms with Crippen LogP contribution in [0.4, 0.5) is 0 Å². The second kappa shape index (κ2) is 8.35. The summed E-state index contributed by atoms with van der Waals surface area (Å²) in [5, 5.41) is 6.27. The molecule has 2 aromatic rings. The zero-order valence-electron chi connectivity index (χ0n) is 17.7. The van der Waals surface area contributed by atoms with Gasteiger partial charge in [-0.3, -0.25) is 14.5 Å². The fraction of sp³-hybridized carbons (Fsp3) is 0.440. The Balaban J connectivity index is 1.32. The predicted molar refractivity (Wildman–Crippen MR) is 117 cm³/mol. The van der Waals surface area contributed by atoms with Crippen molar-refractivity contribution in [1.82, 2.24) is 15.5 Å². The lowest BCUT2D eigenvalue weighted by Crippen LogP contribution is -2.66. The highest BCUT2D eigenvalue weighted by atomic mass is 16.5. The molecule has 0 spiro atoms. The van der Waals surface area contributed by atoms with Gasteiger partial charge in [0.05, 0.1) is 12.0 Å². The molecular weight excluding hydrogens is 390 g/mol. The molecule has 2 atom stereocenters. The Morgan fingerprint density at radius 1 is 1.16 bits per heavy atom. The lowest BCUT2D eigenvalue weighted by Gasteiger charge is -2.49. The summed E-state index contributed by atoms with van der Waals surface area (Å²) in [6.07, 6.45) is 2.75. The molecule has 2 fully saturated rings. The average molecular weight is 420 g/mol. The number of hydrogen-bond acceptors (Lipinski definition) is 4. The first kappa shape index (κ1) is 20.1. The van der Waals surface area contributed by atoms with E-state index in [0.29, 0.717) is 25.9 Å². The van der Waals surface area contributed by atoms with Gasteiger partial charge in [0.2, 0.25) is 11.8 Å². The number of likely N-dealkylation sites (tertiary alicyclic amines) is 1. The number of amides is 2. The van der Waals surface area contributed by atoms with Crippen molar-refractivity contribution >= 4 is 11.8 Å². The lowest BCUT2D eigenvalue weighted by molar-refractivity contribution is -0.144. The molecule has 3 heterocycles. The summed E-state index contributed by atoms with van der Waals surface area (Å²) in [5.41, 5.74) is 3.02. The molecule has 6 heteroatoms. The molecular formula is C25H29N3O3. The molecule has 2 saturated heterocycles. The first-order valence-corrected chi connectivity index (χ1v) is 11.2. The maximum absolute atomic E-state index is 13.5. The smallest absolute Gasteiger partial charge is 0.229 e. The second-order valence-corrected chi connectivity index (χ2v) is 8.98. The van der Waals surface area contributed by atoms with Crippen LogP contribution in [0.25, 0.3) is 0 Å². The molecule has 5 rings (SSSR count). The van der Waals surface area contributed by atoms with Crippen LogP contribution in [-0.2, 0) is 29.1 Å². The minimum absolute atomic E-state index is 0.0495. The Morgan fingerprint density at radius 3 is 2.90 bits per heavy atom. The number of hydrogen-bond donors (Lipinski definition) is 2. The molecule has 2 amide bonds. The third-order valence-electron chi connectivity index (χ3n) is 6.95. The van der Waals surface area contributed by atoms with E-state index in [2.05, 4.69) is 33.7 Å². The Morgan fingerprint density at radius 2 is 2.03 bits per heavy atom. The zero-order chi connectivity index (χ0) is 21.3. The monoisotopic (exact) mass is 419 g/mol. The van der Waals surface area contributed by atoms with Crippen LogP contribution in [0, 0.1) is 5.41 Å². The van der Waals surface area contributed by atoms with E-state index in [4.69, 9.17) is 4.74 Å². The summed E-state index contributed by atoms with van der Waals surface area (Å²) in [7, 11) is 0. The van der Waals surface area contributed by atoms with Crippen LogP contribution in [0.1, 0.15) is 36.0 Å². The molecule has 3 aliphatic rings. The number of ether oxygens (including phenoxy) is 1. The van der Waals surface area contributed by atoms with Gasteiger partial charge in [-0.05, 0) is 35.6 Å². The lowest BCUT2D eigenvalue weighted by atomic mass is 9.69. The Labute approximate surface area is 183 Å². The van der Waals surface area contributed by atoms with Gasteiger partial charge < -0.3 is 15.4 Å². The van der Waals surface area contributed by atoms with Gasteiger partial charge >= 0.3 is 0 Å². The molecule has 0 unspecified atom stereocenters. The summed E-state index contributed by atoms with van der Waals surface area (Å²) in [4.78, 5) is 27.9. The van der Waals surface area contributed by atoms with Crippen molar-refractivity contribution in [3.63, 3.8) is 0 Å². The predicted octanol–water partition coefficient (Wildman–Crippen LogP) is 2.41. The minimum atomic E-state index is -0.583. The van der Waals surface area contributed by atoms with E-state index in [1.165, 1.54) is 11.1 Å². The van der Waals surface area contributed by atoms with E-state index in [-0.39, 0.29) is 17.9 Å². The molecule has 0 saturated carbocycles. The number of carbonyl (C=O) groups is 2. The van der Waals surface area contributed by atoms with Crippen LogP contribution in [0.3, 0.4) is 0 Å². The summed E-state index contributed by atoms with van der Waals surface area (Å²) in [6, 6.07) is 16.3. The number of nitrogens with one attached hydrogen (secondary N) is 2. The van der Waals surface area contributed by atoms with Gasteiger partial charge in [0.25, 0.3) is 0 Å². The van der Waals surface area contributed by atoms with Gasteiger partial charge in [-0.2, -0.15) is 0 Å². The number of fused-ring (bicyclic) bond motifs is 2. The van der Waals surface area contributed by atoms with E-state index < -0.39 is 5.41 Å². The molecule has 2 N–H and O–H groups in total. The van der Waals surface area contributed by atoms with Crippen molar-refractivity contribution in [2.24, 2.45) is 5.41 Å². The molecule has 0 aliphatic carbocycles. The normalized spacial score (nSPS) is 25.2. The van der Waals surface area contributed by atoms with Crippen molar-refractivity contribution in [2.45, 2.75) is 44.8 Å². The third-order valence-corrected chi connectivity index (χ3v) is 6.95. The topological polar surface area (TPSA) is 70.7 Å². The molecule has 0 radical (unpaired) electrons. The highest BCUT2D eigenvalue weighted by Crippen LogP contribution is 2.39. The maximum Gasteiger partial charge on any atom is 0.229 e. The van der Waals surface area contributed by atoms with Crippen LogP contribution in [-0.4, -0.2) is 42.5 Å². The van der Waals surface area contributed by atoms with E-state index >= 15 is 0 Å². The first-order valence-electron chi connectivity index (χ1n) is 11.2. The Bertz CT molecular complexity index is 977. The largest absolute Gasteiger partial charge is 0.493 e. The number of benzene rings is 2. The highest BCUT2D eigenvalue weighted by Gasteiger charge is 2.51. The van der Waals surface area contributed by atoms with Crippen LogP contribution in [0.5, 0.6) is 5.75 Å². The standard InChI is InChI=1S/C25H29N3O3/c29-23-8-11-25(24(30)26-15-18-4-2-1-3-5-18)17-28(12-9-22(25)27-23)16-19-6-7-21-20(14-19)10-13-31-21/h1-7,14,22H,8-13,15-17H2,(H,26,30)(H,27,29)/t22-,25+/m1/s1. The van der Waals surface area contributed by atoms with Crippen LogP contribution < -0.4 is 15.4 Å². The summed E-state index contributed by atoms with van der Waals surface area (Å²) >= 11 is 0. The summed E-state index contributed by atoms with van der Waals surface area (Å²) in [5.74, 6) is 1.10. The van der Waals surface area contributed by atoms with Gasteiger partial charge in [0.1, 0.15) is 5.75 Å². The van der Waals surface area contributed by atoms with E-state index in [9.17, 15) is 9.59 Å². The van der Waals surface area contributed by atoms with Gasteiger partial charge in [-0.15, -0.1) is 0 Å². The third kappa shape index (κ3) is 4.04. The van der Waals surface area contributed by atoms with E-state index in [1.807, 2.05) is 30.3 Å². The zero-order valence-corrected chi connectivity index (χ0v) is 17.7. The molecule has 2 aromatic carbocycles. The van der Waals surface area contributed by atoms with E-state index in [0.717, 1.165) is 43.9 Å². The van der Waals surface area contributed by atoms with Crippen LogP contribution >= 0.6 is 0 Å². The van der Waals surface area contributed by atoms with Crippen molar-refractivity contribution in [3.05, 3.63) is 65.2 Å². The highest BCUT2D eigenvalue weighted by molar-refractivity contribution is 5.88. The Hall–Kier alpha value is -2.86. The van der Waals surface area contributed by atoms with Crippen LogP contribution in [0.15, 0.2) is 48.5 Å². The molecule has 0 bridgehead atoms. The number of rotatable bonds is 5. The fourth-order valence-corrected chi connectivity index (χ4v) is 5.27. The van der Waals surface area contributed by atoms with Crippen LogP contribution in [0.2, 0.25) is 0 Å². The van der Waals surface area contributed by atoms with Gasteiger partial charge in [0.15, 0.2) is 0 Å². The molecule has 3 aliphatic heterocycles. The van der Waals surface area contributed by atoms with E-state index in [1.54, 1.807) is 0 Å². The van der Waals surface area contributed by atoms with Crippen molar-refractivity contribution in [3.8, 4) is 5.75 Å². The SMILES string of the molecule is O=C1CC[C@]2(C(=O)NCc3ccccc3)CN(Cc3ccc4c(c3)CCO4)CC[C@H]2N1. The minimum Gasteiger partial charge on any atom is -0.493 e. The average Bonchev–Trinajstić information content (AvgIpc) is 3.26. The maximum atomic E-state index is 13.5. The second-order valence-electron chi connectivity index (χ2n) is 8.98. The molecule has 162 valence electrons. The van der Waals surface area contributed by atoms with Gasteiger partial charge in [-0.1, -0.05) is 42.5 Å². The van der Waals surface area contributed by atoms with Crippen molar-refractivity contribution in [1.29, 1.82) is 0 Å². The molecule has 6 nitrogen and oxygen atoms in total. The van der Waals surface area contributed by atoms with Gasteiger partial charge in [-0.25, -0.2) is 0 Å². The molecule has 31 heavy (non-hydrogen) atoms. The number of carbonyl (C=O) groups excluding carboxylic acids is 2. The summed E-state index contributed by atoms with van der Waals surface area (Å²) < 4.78 is 5.63. The Kier molecular flexibility index (Phi) is 5.40. The van der Waals surface area contributed by atoms with Crippen molar-refractivity contribution < 1.29 is 14.3 Å². The van der Waals surface area contributed by atoms with Crippen molar-refractivity contribution in [2.75, 3.05) is 19.7 Å². The molecule has 0 aromatic heterocycles. The number of piperidine rings is 2. The quantitative estimate of drug-likeness (QED) is 0.781. The number of nitrogens with zero attached hydrogens (tertiary/aromatic N) is 1. The summed E-state index contributed by atoms with van der Waals surface area (Å²) in [6.45, 7) is 3.60.